The van der Waals surface area contributed by atoms with Crippen LogP contribution in [-0.4, -0.2) is 17.3 Å². The molecule has 4 nitrogen and oxygen atoms in total. The predicted molar refractivity (Wildman–Crippen MR) is 98.8 cm³/mol. The molecule has 0 radical (unpaired) electrons. The third-order valence-electron chi connectivity index (χ3n) is 2.97. The van der Waals surface area contributed by atoms with Crippen molar-refractivity contribution < 1.29 is 88.8 Å². The molecule has 134 valence electrons. The minimum Gasteiger partial charge on any atom is -0.625 e. The van der Waals surface area contributed by atoms with Crippen molar-refractivity contribution in [2.45, 2.75) is 48.0 Å². The number of nitrogens with zero attached hydrogens (tertiary/aromatic N) is 2. The first kappa shape index (κ1) is 32.8. The molecule has 6 heteroatoms. The largest absolute Gasteiger partial charge is 1.00 e. The Bertz CT molecular complexity index is 588. The number of carbonyl (C=O) groups excluding carboxylic acids is 2. The average molecular weight is 587 g/mol. The molecule has 1 aliphatic heterocycles. The van der Waals surface area contributed by atoms with Crippen LogP contribution in [0.15, 0.2) is 42.6 Å². The van der Waals surface area contributed by atoms with Crippen molar-refractivity contribution in [3.05, 3.63) is 53.6 Å². The number of rotatable bonds is 0. The third kappa shape index (κ3) is 8.57. The van der Waals surface area contributed by atoms with Gasteiger partial charge in [0, 0.05) is 44.6 Å². The van der Waals surface area contributed by atoms with E-state index < -0.39 is 0 Å². The van der Waals surface area contributed by atoms with Gasteiger partial charge in [0.15, 0.2) is 0 Å². The Balaban J connectivity index is -0.000000224. The first-order valence-corrected chi connectivity index (χ1v) is 7.58. The van der Waals surface area contributed by atoms with E-state index in [4.69, 9.17) is 4.79 Å². The third-order valence-corrected chi connectivity index (χ3v) is 2.97. The van der Waals surface area contributed by atoms with Crippen LogP contribution < -0.4 is 58.2 Å². The molecule has 0 bridgehead atoms. The number of amides is 1. The van der Waals surface area contributed by atoms with Gasteiger partial charge in [-0.1, -0.05) is 60.2 Å². The Morgan fingerprint density at radius 1 is 1.00 bits per heavy atom. The van der Waals surface area contributed by atoms with Crippen LogP contribution in [0, 0.1) is 0 Å². The van der Waals surface area contributed by atoms with Crippen molar-refractivity contribution in [2.24, 2.45) is 0 Å². The summed E-state index contributed by atoms with van der Waals surface area (Å²) in [5.74, 6) is -0.257. The Morgan fingerprint density at radius 2 is 1.52 bits per heavy atom. The summed E-state index contributed by atoms with van der Waals surface area (Å²) >= 11 is 0. The van der Waals surface area contributed by atoms with Crippen LogP contribution in [0.25, 0.3) is 11.0 Å². The van der Waals surface area contributed by atoms with Gasteiger partial charge in [-0.05, 0) is 18.2 Å². The summed E-state index contributed by atoms with van der Waals surface area (Å²) in [5, 5.41) is 4.15. The maximum Gasteiger partial charge on any atom is 1.00 e. The second-order valence-electron chi connectivity index (χ2n) is 3.96. The minimum absolute atomic E-state index is 0. The molecule has 1 aliphatic rings. The number of hydrogen-bond acceptors (Lipinski definition) is 2. The molecule has 2 aromatic rings. The second kappa shape index (κ2) is 18.9. The standard InChI is InChI=1S/C13H12N2O.2C2H6.CH2O.CH4.Rb.W/c1-9-11-7-4-8-15(11)12-6-3-2-5-10(12)14-13(9)16;3*1-2;;;/h2-9H,1H3,(H,14,16);2*1-2H3;1H2;1H4;;/q;;;;;+1;/p-1. The fourth-order valence-electron chi connectivity index (χ4n) is 2.07. The van der Waals surface area contributed by atoms with Crippen LogP contribution in [0.5, 0.6) is 0 Å². The normalized spacial score (nSPS) is 12.4. The first-order chi connectivity index (χ1) is 10.8. The summed E-state index contributed by atoms with van der Waals surface area (Å²) in [7, 11) is 0. The summed E-state index contributed by atoms with van der Waals surface area (Å²) in [5.41, 5.74) is 2.72. The Morgan fingerprint density at radius 3 is 2.08 bits per heavy atom. The quantitative estimate of drug-likeness (QED) is 0.477. The van der Waals surface area contributed by atoms with Crippen LogP contribution in [-0.2, 0) is 30.7 Å². The molecule has 25 heavy (non-hydrogen) atoms. The van der Waals surface area contributed by atoms with Gasteiger partial charge in [0.1, 0.15) is 6.79 Å². The van der Waals surface area contributed by atoms with Crippen molar-refractivity contribution in [1.29, 1.82) is 0 Å². The van der Waals surface area contributed by atoms with Gasteiger partial charge in [0.25, 0.3) is 0 Å². The van der Waals surface area contributed by atoms with Gasteiger partial charge >= 0.3 is 58.2 Å². The maximum atomic E-state index is 11.9. The molecule has 1 aromatic carbocycles. The predicted octanol–water partition coefficient (Wildman–Crippen LogP) is 2.63. The summed E-state index contributed by atoms with van der Waals surface area (Å²) in [6.07, 6.45) is 1.97. The van der Waals surface area contributed by atoms with Gasteiger partial charge in [0.05, 0.1) is 5.91 Å². The molecule has 1 unspecified atom stereocenters. The van der Waals surface area contributed by atoms with E-state index in [-0.39, 0.29) is 98.5 Å². The van der Waals surface area contributed by atoms with Crippen molar-refractivity contribution >= 4 is 18.4 Å². The van der Waals surface area contributed by atoms with Crippen LogP contribution in [0.4, 0.5) is 5.69 Å². The van der Waals surface area contributed by atoms with Crippen LogP contribution >= 0.6 is 0 Å². The number of hydrogen-bond donors (Lipinski definition) is 0. The fourth-order valence-corrected chi connectivity index (χ4v) is 2.07. The maximum absolute atomic E-state index is 11.9. The smallest absolute Gasteiger partial charge is 0.625 e. The number of fused-ring (bicyclic) bond motifs is 3. The van der Waals surface area contributed by atoms with E-state index in [9.17, 15) is 4.79 Å². The Labute approximate surface area is 216 Å². The molecule has 1 amide bonds. The first-order valence-electron chi connectivity index (χ1n) is 7.58. The van der Waals surface area contributed by atoms with Crippen molar-refractivity contribution in [2.75, 3.05) is 0 Å². The summed E-state index contributed by atoms with van der Waals surface area (Å²) in [6.45, 7) is 11.9. The number of para-hydroxylation sites is 2. The molecule has 1 atom stereocenters. The molecule has 0 saturated heterocycles. The van der Waals surface area contributed by atoms with Crippen LogP contribution in [0.2, 0.25) is 0 Å². The van der Waals surface area contributed by atoms with E-state index in [0.29, 0.717) is 0 Å². The van der Waals surface area contributed by atoms with Gasteiger partial charge in [-0.3, -0.25) is 0 Å². The zero-order valence-corrected chi connectivity index (χ0v) is 23.3. The SMILES string of the molecule is C.C=O.CC.CC.CC1C(=O)[N-]c2ccccc2-n2cccc21.[Rb+].[W]. The molecule has 0 fully saturated rings. The molecule has 3 rings (SSSR count). The van der Waals surface area contributed by atoms with Gasteiger partial charge in [-0.15, -0.1) is 5.69 Å². The molecule has 0 saturated carbocycles. The van der Waals surface area contributed by atoms with Gasteiger partial charge < -0.3 is 19.5 Å². The zero-order valence-electron chi connectivity index (χ0n) is 15.4. The summed E-state index contributed by atoms with van der Waals surface area (Å²) in [4.78, 5) is 19.9. The van der Waals surface area contributed by atoms with Gasteiger partial charge in [0.2, 0.25) is 0 Å². The molecular weight excluding hydrogens is 558 g/mol. The Hall–Kier alpha value is 0.134. The number of carbonyl (C=O) groups is 2. The van der Waals surface area contributed by atoms with Gasteiger partial charge in [-0.25, -0.2) is 0 Å². The van der Waals surface area contributed by atoms with Crippen LogP contribution in [0.3, 0.4) is 0 Å². The van der Waals surface area contributed by atoms with Crippen molar-refractivity contribution in [3.8, 4) is 5.69 Å². The molecule has 0 aliphatic carbocycles. The molecular formula is C19H29N2O2RbW. The monoisotopic (exact) mass is 586 g/mol. The summed E-state index contributed by atoms with van der Waals surface area (Å²) in [6, 6.07) is 11.6. The van der Waals surface area contributed by atoms with E-state index in [1.807, 2.05) is 88.6 Å². The zero-order chi connectivity index (χ0) is 17.1. The van der Waals surface area contributed by atoms with Crippen molar-refractivity contribution in [1.82, 2.24) is 4.57 Å². The summed E-state index contributed by atoms with van der Waals surface area (Å²) < 4.78 is 2.04. The van der Waals surface area contributed by atoms with E-state index in [2.05, 4.69) is 5.32 Å². The van der Waals surface area contributed by atoms with E-state index in [1.54, 1.807) is 0 Å². The van der Waals surface area contributed by atoms with Gasteiger partial charge in [-0.2, -0.15) is 0 Å². The molecule has 2 heterocycles. The Kier molecular flexibility index (Phi) is 24.8. The van der Waals surface area contributed by atoms with E-state index >= 15 is 0 Å². The fraction of sp³-hybridized carbons (Fsp3) is 0.368. The number of aromatic nitrogens is 1. The minimum atomic E-state index is -0.178. The molecule has 0 N–H and O–H groups in total. The second-order valence-corrected chi connectivity index (χ2v) is 3.96. The molecule has 0 spiro atoms. The van der Waals surface area contributed by atoms with E-state index in [0.717, 1.165) is 17.1 Å². The topological polar surface area (TPSA) is 53.2 Å². The van der Waals surface area contributed by atoms with E-state index in [1.165, 1.54) is 0 Å². The van der Waals surface area contributed by atoms with Crippen molar-refractivity contribution in [3.63, 3.8) is 0 Å². The molecule has 1 aromatic heterocycles. The van der Waals surface area contributed by atoms with Crippen LogP contribution in [0.1, 0.15) is 53.7 Å². The average Bonchev–Trinajstić information content (AvgIpc) is 3.06. The number of benzene rings is 1.